The summed E-state index contributed by atoms with van der Waals surface area (Å²) < 4.78 is 5.57. The van der Waals surface area contributed by atoms with E-state index in [2.05, 4.69) is 15.1 Å². The van der Waals surface area contributed by atoms with E-state index in [4.69, 9.17) is 9.94 Å². The molecule has 2 aromatic rings. The van der Waals surface area contributed by atoms with Crippen LogP contribution in [0.4, 0.5) is 0 Å². The number of ether oxygens (including phenoxy) is 1. The molecule has 0 spiro atoms. The third kappa shape index (κ3) is 3.04. The minimum atomic E-state index is 0.305. The Morgan fingerprint density at radius 2 is 2.06 bits per heavy atom. The predicted octanol–water partition coefficient (Wildman–Crippen LogP) is 2.25. The highest BCUT2D eigenvalue weighted by molar-refractivity contribution is 5.98. The molecule has 0 aliphatic carbocycles. The van der Waals surface area contributed by atoms with Crippen LogP contribution in [0.2, 0.25) is 0 Å². The summed E-state index contributed by atoms with van der Waals surface area (Å²) in [5, 5.41) is 11.9. The molecular formula is C13H13N3O2. The van der Waals surface area contributed by atoms with E-state index in [1.807, 2.05) is 18.2 Å². The van der Waals surface area contributed by atoms with Gasteiger partial charge in [-0.15, -0.1) is 0 Å². The lowest BCUT2D eigenvalue weighted by atomic mass is 10.1. The van der Waals surface area contributed by atoms with Crippen LogP contribution < -0.4 is 4.74 Å². The zero-order chi connectivity index (χ0) is 12.8. The molecule has 1 aromatic carbocycles. The van der Waals surface area contributed by atoms with Gasteiger partial charge in [0, 0.05) is 18.0 Å². The molecule has 0 saturated carbocycles. The average Bonchev–Trinajstić information content (AvgIpc) is 2.45. The summed E-state index contributed by atoms with van der Waals surface area (Å²) in [6.07, 6.45) is 3.34. The van der Waals surface area contributed by atoms with Crippen molar-refractivity contribution in [3.05, 3.63) is 54.1 Å². The molecule has 1 aromatic heterocycles. The number of oxime groups is 1. The Morgan fingerprint density at radius 3 is 2.78 bits per heavy atom. The molecule has 0 atom stereocenters. The molecule has 0 radical (unpaired) electrons. The van der Waals surface area contributed by atoms with Gasteiger partial charge in [-0.05, 0) is 25.1 Å². The first-order chi connectivity index (χ1) is 8.79. The number of rotatable bonds is 4. The van der Waals surface area contributed by atoms with Gasteiger partial charge >= 0.3 is 0 Å². The van der Waals surface area contributed by atoms with Gasteiger partial charge in [0.05, 0.1) is 5.71 Å². The van der Waals surface area contributed by atoms with Gasteiger partial charge in [-0.1, -0.05) is 17.3 Å². The zero-order valence-electron chi connectivity index (χ0n) is 9.95. The van der Waals surface area contributed by atoms with Crippen LogP contribution in [0, 0.1) is 0 Å². The number of hydrogen-bond donors (Lipinski definition) is 1. The summed E-state index contributed by atoms with van der Waals surface area (Å²) in [5.74, 6) is 1.30. The lowest BCUT2D eigenvalue weighted by molar-refractivity contribution is 0.295. The van der Waals surface area contributed by atoms with Crippen LogP contribution in [0.15, 0.2) is 47.9 Å². The normalized spacial score (nSPS) is 11.3. The largest absolute Gasteiger partial charge is 0.486 e. The predicted molar refractivity (Wildman–Crippen MR) is 66.8 cm³/mol. The van der Waals surface area contributed by atoms with Gasteiger partial charge in [0.1, 0.15) is 12.4 Å². The van der Waals surface area contributed by atoms with Crippen molar-refractivity contribution in [2.24, 2.45) is 5.16 Å². The van der Waals surface area contributed by atoms with E-state index in [1.165, 1.54) is 0 Å². The fourth-order valence-corrected chi connectivity index (χ4v) is 1.42. The molecule has 2 rings (SSSR count). The monoisotopic (exact) mass is 243 g/mol. The van der Waals surface area contributed by atoms with Crippen molar-refractivity contribution in [3.63, 3.8) is 0 Å². The van der Waals surface area contributed by atoms with Crippen LogP contribution in [0.25, 0.3) is 0 Å². The molecule has 5 heteroatoms. The van der Waals surface area contributed by atoms with Crippen molar-refractivity contribution in [2.45, 2.75) is 13.5 Å². The maximum absolute atomic E-state index is 8.71. The van der Waals surface area contributed by atoms with Gasteiger partial charge < -0.3 is 9.94 Å². The second-order valence-corrected chi connectivity index (χ2v) is 3.67. The number of aromatic nitrogens is 2. The Balaban J connectivity index is 2.06. The van der Waals surface area contributed by atoms with E-state index in [9.17, 15) is 0 Å². The van der Waals surface area contributed by atoms with Crippen molar-refractivity contribution in [3.8, 4) is 5.75 Å². The van der Waals surface area contributed by atoms with Gasteiger partial charge in [0.15, 0.2) is 5.82 Å². The first-order valence-corrected chi connectivity index (χ1v) is 5.47. The molecule has 18 heavy (non-hydrogen) atoms. The molecule has 0 bridgehead atoms. The van der Waals surface area contributed by atoms with Crippen LogP contribution in [-0.4, -0.2) is 20.9 Å². The highest BCUT2D eigenvalue weighted by Gasteiger charge is 2.01. The van der Waals surface area contributed by atoms with Crippen molar-refractivity contribution in [1.82, 2.24) is 9.97 Å². The molecule has 0 aliphatic rings. The number of nitrogens with zero attached hydrogens (tertiary/aromatic N) is 3. The maximum atomic E-state index is 8.71. The van der Waals surface area contributed by atoms with E-state index in [0.29, 0.717) is 23.9 Å². The van der Waals surface area contributed by atoms with E-state index < -0.39 is 0 Å². The Kier molecular flexibility index (Phi) is 3.86. The fourth-order valence-electron chi connectivity index (χ4n) is 1.42. The fraction of sp³-hybridized carbons (Fsp3) is 0.154. The van der Waals surface area contributed by atoms with Crippen LogP contribution in [-0.2, 0) is 6.61 Å². The Labute approximate surface area is 105 Å². The minimum absolute atomic E-state index is 0.305. The second kappa shape index (κ2) is 5.77. The van der Waals surface area contributed by atoms with Gasteiger partial charge in [-0.3, -0.25) is 0 Å². The first kappa shape index (κ1) is 12.0. The smallest absolute Gasteiger partial charge is 0.166 e. The van der Waals surface area contributed by atoms with E-state index >= 15 is 0 Å². The van der Waals surface area contributed by atoms with Crippen LogP contribution in [0.5, 0.6) is 5.75 Å². The quantitative estimate of drug-likeness (QED) is 0.508. The summed E-state index contributed by atoms with van der Waals surface area (Å²) in [4.78, 5) is 8.14. The summed E-state index contributed by atoms with van der Waals surface area (Å²) >= 11 is 0. The molecule has 0 unspecified atom stereocenters. The van der Waals surface area contributed by atoms with Crippen LogP contribution >= 0.6 is 0 Å². The summed E-state index contributed by atoms with van der Waals surface area (Å²) in [5.41, 5.74) is 1.35. The second-order valence-electron chi connectivity index (χ2n) is 3.67. The zero-order valence-corrected chi connectivity index (χ0v) is 9.95. The van der Waals surface area contributed by atoms with Crippen molar-refractivity contribution < 1.29 is 9.94 Å². The molecule has 0 aliphatic heterocycles. The average molecular weight is 243 g/mol. The van der Waals surface area contributed by atoms with E-state index in [-0.39, 0.29) is 0 Å². The summed E-state index contributed by atoms with van der Waals surface area (Å²) in [6, 6.07) is 9.08. The summed E-state index contributed by atoms with van der Waals surface area (Å²) in [7, 11) is 0. The highest BCUT2D eigenvalue weighted by atomic mass is 16.5. The van der Waals surface area contributed by atoms with E-state index in [1.54, 1.807) is 31.5 Å². The molecule has 1 heterocycles. The molecule has 0 amide bonds. The van der Waals surface area contributed by atoms with Crippen molar-refractivity contribution in [1.29, 1.82) is 0 Å². The van der Waals surface area contributed by atoms with Crippen molar-refractivity contribution in [2.75, 3.05) is 0 Å². The number of benzene rings is 1. The Morgan fingerprint density at radius 1 is 1.28 bits per heavy atom. The Hall–Kier alpha value is -2.43. The highest BCUT2D eigenvalue weighted by Crippen LogP contribution is 2.15. The minimum Gasteiger partial charge on any atom is -0.486 e. The lowest BCUT2D eigenvalue weighted by Crippen LogP contribution is -2.01. The Bertz CT molecular complexity index is 541. The summed E-state index contributed by atoms with van der Waals surface area (Å²) in [6.45, 7) is 2.03. The van der Waals surface area contributed by atoms with Gasteiger partial charge in [0.2, 0.25) is 0 Å². The molecule has 92 valence electrons. The van der Waals surface area contributed by atoms with Gasteiger partial charge in [-0.2, -0.15) is 0 Å². The third-order valence-corrected chi connectivity index (χ3v) is 2.39. The van der Waals surface area contributed by atoms with Gasteiger partial charge in [-0.25, -0.2) is 9.97 Å². The van der Waals surface area contributed by atoms with Gasteiger partial charge in [0.25, 0.3) is 0 Å². The molecule has 0 saturated heterocycles. The molecular weight excluding hydrogens is 230 g/mol. The molecule has 1 N–H and O–H groups in total. The maximum Gasteiger partial charge on any atom is 0.166 e. The SMILES string of the molecule is CC(=NO)c1cccc(OCc2ncccn2)c1. The topological polar surface area (TPSA) is 67.6 Å². The van der Waals surface area contributed by atoms with Crippen molar-refractivity contribution >= 4 is 5.71 Å². The third-order valence-electron chi connectivity index (χ3n) is 2.39. The molecule has 5 nitrogen and oxygen atoms in total. The van der Waals surface area contributed by atoms with Crippen LogP contribution in [0.3, 0.4) is 0 Å². The standard InChI is InChI=1S/C13H13N3O2/c1-10(16-17)11-4-2-5-12(8-11)18-9-13-14-6-3-7-15-13/h2-8,17H,9H2,1H3. The van der Waals surface area contributed by atoms with Crippen LogP contribution in [0.1, 0.15) is 18.3 Å². The molecule has 0 fully saturated rings. The van der Waals surface area contributed by atoms with E-state index in [0.717, 1.165) is 5.56 Å². The lowest BCUT2D eigenvalue weighted by Gasteiger charge is -2.06. The first-order valence-electron chi connectivity index (χ1n) is 5.47. The number of hydrogen-bond acceptors (Lipinski definition) is 5.